The van der Waals surface area contributed by atoms with Crippen LogP contribution in [0.2, 0.25) is 0 Å². The van der Waals surface area contributed by atoms with E-state index in [2.05, 4.69) is 27.5 Å². The van der Waals surface area contributed by atoms with E-state index >= 15 is 0 Å². The molecule has 1 nitrogen and oxygen atoms in total. The number of aliphatic imine (C=N–C) groups is 1. The van der Waals surface area contributed by atoms with Crippen molar-refractivity contribution in [2.45, 2.75) is 19.5 Å². The fourth-order valence-electron chi connectivity index (χ4n) is 0.930. The van der Waals surface area contributed by atoms with Crippen LogP contribution in [0.3, 0.4) is 0 Å². The van der Waals surface area contributed by atoms with Gasteiger partial charge in [0.25, 0.3) is 0 Å². The van der Waals surface area contributed by atoms with E-state index in [4.69, 9.17) is 0 Å². The van der Waals surface area contributed by atoms with Crippen molar-refractivity contribution in [1.82, 2.24) is 0 Å². The maximum atomic E-state index is 12.7. The van der Waals surface area contributed by atoms with E-state index in [1.807, 2.05) is 0 Å². The van der Waals surface area contributed by atoms with E-state index in [0.717, 1.165) is 6.21 Å². The first-order chi connectivity index (χ1) is 8.26. The van der Waals surface area contributed by atoms with E-state index in [-0.39, 0.29) is 5.57 Å². The smallest absolute Gasteiger partial charge is 0.292 e. The lowest BCUT2D eigenvalue weighted by atomic mass is 10.1. The Labute approximate surface area is 112 Å². The van der Waals surface area contributed by atoms with E-state index in [0.29, 0.717) is 10.1 Å². The predicted molar refractivity (Wildman–Crippen MR) is 69.9 cm³/mol. The number of halogens is 5. The highest BCUT2D eigenvalue weighted by Crippen LogP contribution is 2.19. The van der Waals surface area contributed by atoms with Crippen molar-refractivity contribution in [2.75, 3.05) is 13.2 Å². The van der Waals surface area contributed by atoms with Crippen LogP contribution < -0.4 is 0 Å². The van der Waals surface area contributed by atoms with Crippen LogP contribution in [-0.4, -0.2) is 25.6 Å². The van der Waals surface area contributed by atoms with Crippen LogP contribution in [0.1, 0.15) is 13.3 Å². The monoisotopic (exact) mass is 327 g/mol. The molecule has 0 aromatic carbocycles. The molecule has 0 aromatic heterocycles. The Morgan fingerprint density at radius 1 is 1.33 bits per heavy atom. The molecular formula is C12H14BrF4N. The summed E-state index contributed by atoms with van der Waals surface area (Å²) >= 11 is 3.10. The lowest BCUT2D eigenvalue weighted by Gasteiger charge is -2.03. The van der Waals surface area contributed by atoms with Gasteiger partial charge in [0.1, 0.15) is 6.67 Å². The number of allylic oxidation sites excluding steroid dienone is 5. The summed E-state index contributed by atoms with van der Waals surface area (Å²) < 4.78 is 48.8. The summed E-state index contributed by atoms with van der Waals surface area (Å²) in [7, 11) is 0. The van der Waals surface area contributed by atoms with Crippen LogP contribution in [-0.2, 0) is 0 Å². The van der Waals surface area contributed by atoms with E-state index < -0.39 is 25.8 Å². The molecule has 0 radical (unpaired) electrons. The zero-order valence-corrected chi connectivity index (χ0v) is 11.5. The van der Waals surface area contributed by atoms with E-state index in [1.165, 1.54) is 0 Å². The highest BCUT2D eigenvalue weighted by Gasteiger charge is 2.25. The average molecular weight is 328 g/mol. The molecule has 102 valence electrons. The van der Waals surface area contributed by atoms with Gasteiger partial charge in [0.2, 0.25) is 0 Å². The van der Waals surface area contributed by atoms with Gasteiger partial charge >= 0.3 is 6.18 Å². The van der Waals surface area contributed by atoms with Gasteiger partial charge in [-0.25, -0.2) is 4.39 Å². The zero-order chi connectivity index (χ0) is 14.2. The lowest BCUT2D eigenvalue weighted by Crippen LogP contribution is -2.08. The molecular weight excluding hydrogens is 314 g/mol. The summed E-state index contributed by atoms with van der Waals surface area (Å²) in [6.45, 7) is 4.05. The molecule has 0 atom stereocenters. The van der Waals surface area contributed by atoms with Crippen molar-refractivity contribution in [3.05, 3.63) is 34.4 Å². The first-order valence-electron chi connectivity index (χ1n) is 5.11. The molecule has 0 saturated carbocycles. The van der Waals surface area contributed by atoms with E-state index in [1.54, 1.807) is 19.1 Å². The SMILES string of the molecule is C=C(Br)\C=C/C(C)=C(/C=N\CCC(F)(F)F)CF. The molecule has 0 aliphatic rings. The van der Waals surface area contributed by atoms with E-state index in [9.17, 15) is 17.6 Å². The third kappa shape index (κ3) is 9.15. The van der Waals surface area contributed by atoms with Gasteiger partial charge in [-0.3, -0.25) is 4.99 Å². The van der Waals surface area contributed by atoms with Crippen LogP contribution in [0.15, 0.2) is 39.4 Å². The van der Waals surface area contributed by atoms with Gasteiger partial charge in [0.15, 0.2) is 0 Å². The van der Waals surface area contributed by atoms with Gasteiger partial charge in [0.05, 0.1) is 6.42 Å². The Balaban J connectivity index is 4.54. The summed E-state index contributed by atoms with van der Waals surface area (Å²) in [5.74, 6) is 0. The van der Waals surface area contributed by atoms with Crippen molar-refractivity contribution < 1.29 is 17.6 Å². The van der Waals surface area contributed by atoms with Crippen molar-refractivity contribution >= 4 is 22.1 Å². The third-order valence-electron chi connectivity index (χ3n) is 1.94. The molecule has 0 rings (SSSR count). The first kappa shape index (κ1) is 17.1. The van der Waals surface area contributed by atoms with Crippen LogP contribution in [0.25, 0.3) is 0 Å². The van der Waals surface area contributed by atoms with Gasteiger partial charge < -0.3 is 0 Å². The number of alkyl halides is 4. The Morgan fingerprint density at radius 3 is 2.39 bits per heavy atom. The predicted octanol–water partition coefficient (Wildman–Crippen LogP) is 4.76. The van der Waals surface area contributed by atoms with Gasteiger partial charge in [0, 0.05) is 22.8 Å². The van der Waals surface area contributed by atoms with Gasteiger partial charge in [-0.2, -0.15) is 13.2 Å². The molecule has 0 heterocycles. The van der Waals surface area contributed by atoms with Crippen LogP contribution in [0.4, 0.5) is 17.6 Å². The molecule has 18 heavy (non-hydrogen) atoms. The van der Waals surface area contributed by atoms with Gasteiger partial charge in [-0.1, -0.05) is 28.6 Å². The quantitative estimate of drug-likeness (QED) is 0.379. The summed E-state index contributed by atoms with van der Waals surface area (Å²) in [6.07, 6.45) is -0.867. The summed E-state index contributed by atoms with van der Waals surface area (Å²) in [5, 5.41) is 0. The zero-order valence-electron chi connectivity index (χ0n) is 9.90. The van der Waals surface area contributed by atoms with Crippen LogP contribution in [0.5, 0.6) is 0 Å². The maximum absolute atomic E-state index is 12.7. The first-order valence-corrected chi connectivity index (χ1v) is 5.90. The molecule has 0 aromatic rings. The number of hydrogen-bond acceptors (Lipinski definition) is 1. The molecule has 0 aliphatic heterocycles. The molecule has 0 bridgehead atoms. The summed E-state index contributed by atoms with van der Waals surface area (Å²) in [4.78, 5) is 3.57. The fraction of sp³-hybridized carbons (Fsp3) is 0.417. The second-order valence-corrected chi connectivity index (χ2v) is 4.54. The van der Waals surface area contributed by atoms with Crippen molar-refractivity contribution in [3.63, 3.8) is 0 Å². The topological polar surface area (TPSA) is 12.4 Å². The highest BCUT2D eigenvalue weighted by molar-refractivity contribution is 9.11. The summed E-state index contributed by atoms with van der Waals surface area (Å²) in [6, 6.07) is 0. The molecule has 0 unspecified atom stereocenters. The Morgan fingerprint density at radius 2 is 1.94 bits per heavy atom. The largest absolute Gasteiger partial charge is 0.390 e. The minimum absolute atomic E-state index is 0.252. The van der Waals surface area contributed by atoms with Crippen molar-refractivity contribution in [1.29, 1.82) is 0 Å². The van der Waals surface area contributed by atoms with Crippen LogP contribution in [0, 0.1) is 0 Å². The van der Waals surface area contributed by atoms with Crippen molar-refractivity contribution in [2.24, 2.45) is 4.99 Å². The molecule has 0 spiro atoms. The minimum Gasteiger partial charge on any atom is -0.292 e. The number of hydrogen-bond donors (Lipinski definition) is 0. The lowest BCUT2D eigenvalue weighted by molar-refractivity contribution is -0.132. The molecule has 0 fully saturated rings. The standard InChI is InChI=1S/C12H14BrF4N/c1-9(3-4-10(2)13)11(7-14)8-18-6-5-12(15,16)17/h3-4,8H,2,5-7H2,1H3/b4-3-,11-9+,18-8-. The molecule has 0 N–H and O–H groups in total. The molecule has 6 heteroatoms. The third-order valence-corrected chi connectivity index (χ3v) is 2.20. The molecule has 0 amide bonds. The average Bonchev–Trinajstić information content (AvgIpc) is 2.24. The highest BCUT2D eigenvalue weighted by atomic mass is 79.9. The second kappa shape index (κ2) is 8.24. The number of rotatable bonds is 6. The normalized spacial score (nSPS) is 14.3. The van der Waals surface area contributed by atoms with Crippen molar-refractivity contribution in [3.8, 4) is 0 Å². The fourth-order valence-corrected chi connectivity index (χ4v) is 1.06. The molecule has 0 saturated heterocycles. The number of nitrogens with zero attached hydrogens (tertiary/aromatic N) is 1. The maximum Gasteiger partial charge on any atom is 0.390 e. The van der Waals surface area contributed by atoms with Gasteiger partial charge in [-0.05, 0) is 18.6 Å². The Bertz CT molecular complexity index is 367. The molecule has 0 aliphatic carbocycles. The second-order valence-electron chi connectivity index (χ2n) is 3.52. The summed E-state index contributed by atoms with van der Waals surface area (Å²) in [5.41, 5.74) is 0.844. The van der Waals surface area contributed by atoms with Gasteiger partial charge in [-0.15, -0.1) is 0 Å². The van der Waals surface area contributed by atoms with Crippen LogP contribution >= 0.6 is 15.9 Å². The minimum atomic E-state index is -4.24. The Kier molecular flexibility index (Phi) is 7.82. The Hall–Kier alpha value is -0.910.